The topological polar surface area (TPSA) is 86.5 Å². The summed E-state index contributed by atoms with van der Waals surface area (Å²) in [6.07, 6.45) is 19.8. The molecule has 8 nitrogen and oxygen atoms in total. The molecule has 1 aliphatic heterocycles. The van der Waals surface area contributed by atoms with Crippen molar-refractivity contribution >= 4 is 44.0 Å². The molecule has 3 aliphatic rings. The molecule has 2 aliphatic carbocycles. The fourth-order valence-electron chi connectivity index (χ4n) is 5.96. The van der Waals surface area contributed by atoms with E-state index >= 15 is 0 Å². The standard InChI is InChI=1S/C30H35ClN4O4S2/c1-29(19-23(31)9-8-22(29)7-5-17-34-15-3-4-16-34)41(36,37)35-18-11-25-24(10-14-32-27(25)35)26-20-33-28(40-26)30(12-6-13-30)39-21-38-2/h5,7-11,14,18-20,22H,3-4,6,12-13,15-17,21H2,1-2H3/b7-5+. The normalized spacial score (nSPS) is 24.8. The molecule has 2 fully saturated rings. The molecule has 0 spiro atoms. The van der Waals surface area contributed by atoms with Gasteiger partial charge in [0.05, 0.1) is 4.88 Å². The number of likely N-dealkylation sites (tertiary alicyclic amines) is 1. The molecular formula is C30H35ClN4O4S2. The highest BCUT2D eigenvalue weighted by atomic mass is 35.5. The van der Waals surface area contributed by atoms with Gasteiger partial charge in [0.2, 0.25) is 10.0 Å². The molecule has 4 heterocycles. The van der Waals surface area contributed by atoms with Gasteiger partial charge >= 0.3 is 0 Å². The van der Waals surface area contributed by atoms with E-state index in [2.05, 4.69) is 16.0 Å². The Labute approximate surface area is 250 Å². The summed E-state index contributed by atoms with van der Waals surface area (Å²) in [6, 6.07) is 3.73. The smallest absolute Gasteiger partial charge is 0.250 e. The van der Waals surface area contributed by atoms with Gasteiger partial charge in [0.1, 0.15) is 22.1 Å². The second kappa shape index (κ2) is 11.4. The van der Waals surface area contributed by atoms with E-state index in [-0.39, 0.29) is 12.7 Å². The average molecular weight is 615 g/mol. The number of hydrogen-bond acceptors (Lipinski definition) is 8. The number of nitrogens with zero attached hydrogens (tertiary/aromatic N) is 4. The summed E-state index contributed by atoms with van der Waals surface area (Å²) >= 11 is 7.98. The molecule has 3 aromatic heterocycles. The van der Waals surface area contributed by atoms with Crippen LogP contribution in [0.25, 0.3) is 21.5 Å². The van der Waals surface area contributed by atoms with Gasteiger partial charge in [-0.05, 0) is 76.4 Å². The fraction of sp³-hybridized carbons (Fsp3) is 0.467. The highest BCUT2D eigenvalue weighted by Gasteiger charge is 2.46. The highest BCUT2D eigenvalue weighted by Crippen LogP contribution is 2.48. The predicted molar refractivity (Wildman–Crippen MR) is 163 cm³/mol. The van der Waals surface area contributed by atoms with E-state index in [1.54, 1.807) is 49.9 Å². The van der Waals surface area contributed by atoms with E-state index in [1.807, 2.05) is 30.5 Å². The lowest BCUT2D eigenvalue weighted by molar-refractivity contribution is -0.171. The number of halogens is 1. The molecule has 0 radical (unpaired) electrons. The average Bonchev–Trinajstić information content (AvgIpc) is 3.71. The Bertz CT molecular complexity index is 1620. The lowest BCUT2D eigenvalue weighted by Gasteiger charge is -2.39. The van der Waals surface area contributed by atoms with Gasteiger partial charge in [0.25, 0.3) is 0 Å². The molecule has 1 saturated heterocycles. The van der Waals surface area contributed by atoms with Crippen molar-refractivity contribution in [1.82, 2.24) is 18.8 Å². The Kier molecular flexibility index (Phi) is 7.99. The number of allylic oxidation sites excluding steroid dienone is 4. The van der Waals surface area contributed by atoms with Gasteiger partial charge in [0, 0.05) is 54.1 Å². The van der Waals surface area contributed by atoms with Crippen LogP contribution in [0.1, 0.15) is 44.0 Å². The van der Waals surface area contributed by atoms with Crippen LogP contribution >= 0.6 is 22.9 Å². The van der Waals surface area contributed by atoms with Crippen molar-refractivity contribution < 1.29 is 17.9 Å². The highest BCUT2D eigenvalue weighted by molar-refractivity contribution is 7.91. The second-order valence-corrected chi connectivity index (χ2v) is 14.9. The Balaban J connectivity index is 1.33. The zero-order chi connectivity index (χ0) is 28.7. The van der Waals surface area contributed by atoms with Crippen molar-refractivity contribution in [1.29, 1.82) is 0 Å². The van der Waals surface area contributed by atoms with Gasteiger partial charge in [-0.15, -0.1) is 11.3 Å². The number of aromatic nitrogens is 3. The Morgan fingerprint density at radius 1 is 1.20 bits per heavy atom. The van der Waals surface area contributed by atoms with Gasteiger partial charge in [-0.1, -0.05) is 29.8 Å². The summed E-state index contributed by atoms with van der Waals surface area (Å²) in [5, 5.41) is 2.07. The summed E-state index contributed by atoms with van der Waals surface area (Å²) in [5.74, 6) is -0.381. The van der Waals surface area contributed by atoms with E-state index in [4.69, 9.17) is 26.1 Å². The molecule has 218 valence electrons. The molecule has 3 aromatic rings. The largest absolute Gasteiger partial charge is 0.359 e. The van der Waals surface area contributed by atoms with Crippen LogP contribution in [0.5, 0.6) is 0 Å². The quantitative estimate of drug-likeness (QED) is 0.203. The minimum absolute atomic E-state index is 0.218. The third-order valence-electron chi connectivity index (χ3n) is 8.60. The maximum Gasteiger partial charge on any atom is 0.250 e. The van der Waals surface area contributed by atoms with E-state index in [1.165, 1.54) is 16.8 Å². The van der Waals surface area contributed by atoms with Crippen LogP contribution < -0.4 is 0 Å². The monoisotopic (exact) mass is 614 g/mol. The summed E-state index contributed by atoms with van der Waals surface area (Å²) in [4.78, 5) is 12.6. The molecule has 6 rings (SSSR count). The molecule has 0 amide bonds. The van der Waals surface area contributed by atoms with Crippen molar-refractivity contribution in [2.75, 3.05) is 33.5 Å². The van der Waals surface area contributed by atoms with E-state index in [0.29, 0.717) is 10.7 Å². The first-order chi connectivity index (χ1) is 19.8. The van der Waals surface area contributed by atoms with Crippen molar-refractivity contribution in [2.45, 2.75) is 49.4 Å². The second-order valence-electron chi connectivity index (χ2n) is 11.2. The Hall–Kier alpha value is -2.34. The maximum absolute atomic E-state index is 14.4. The van der Waals surface area contributed by atoms with E-state index in [9.17, 15) is 8.42 Å². The number of methoxy groups -OCH3 is 1. The molecule has 2 unspecified atom stereocenters. The molecule has 0 bridgehead atoms. The summed E-state index contributed by atoms with van der Waals surface area (Å²) in [6.45, 7) is 4.93. The lowest BCUT2D eigenvalue weighted by atomic mass is 9.80. The van der Waals surface area contributed by atoms with Crippen LogP contribution in [-0.2, 0) is 25.1 Å². The Morgan fingerprint density at radius 2 is 2.00 bits per heavy atom. The molecule has 2 atom stereocenters. The SMILES string of the molecule is COCOC1(c2ncc(-c3ccnc4c3ccn4S(=O)(=O)C3(C)C=C(Cl)C=CC3/C=C/CN3CCCC3)s2)CCC1. The van der Waals surface area contributed by atoms with Crippen LogP contribution in [-0.4, -0.2) is 65.5 Å². The zero-order valence-electron chi connectivity index (χ0n) is 23.3. The van der Waals surface area contributed by atoms with E-state index < -0.39 is 20.4 Å². The third kappa shape index (κ3) is 5.13. The molecule has 0 aromatic carbocycles. The van der Waals surface area contributed by atoms with Gasteiger partial charge < -0.3 is 9.47 Å². The van der Waals surface area contributed by atoms with Crippen molar-refractivity contribution in [3.8, 4) is 10.4 Å². The number of hydrogen-bond donors (Lipinski definition) is 0. The van der Waals surface area contributed by atoms with E-state index in [0.717, 1.165) is 59.7 Å². The van der Waals surface area contributed by atoms with Crippen molar-refractivity contribution in [3.63, 3.8) is 0 Å². The number of fused-ring (bicyclic) bond motifs is 1. The van der Waals surface area contributed by atoms with Crippen LogP contribution in [0, 0.1) is 5.92 Å². The summed E-state index contributed by atoms with van der Waals surface area (Å²) < 4.78 is 40.0. The number of thiazole rings is 1. The minimum Gasteiger partial charge on any atom is -0.359 e. The third-order valence-corrected chi connectivity index (χ3v) is 12.4. The van der Waals surface area contributed by atoms with Crippen LogP contribution in [0.2, 0.25) is 0 Å². The molecular weight excluding hydrogens is 580 g/mol. The molecule has 0 N–H and O–H groups in total. The lowest BCUT2D eigenvalue weighted by Crippen LogP contribution is -2.44. The van der Waals surface area contributed by atoms with Gasteiger partial charge in [-0.2, -0.15) is 0 Å². The number of pyridine rings is 1. The van der Waals surface area contributed by atoms with Crippen LogP contribution in [0.4, 0.5) is 0 Å². The number of rotatable bonds is 10. The Morgan fingerprint density at radius 3 is 2.73 bits per heavy atom. The van der Waals surface area contributed by atoms with Gasteiger partial charge in [-0.3, -0.25) is 4.90 Å². The van der Waals surface area contributed by atoms with Crippen molar-refractivity contribution in [3.05, 3.63) is 71.1 Å². The zero-order valence-corrected chi connectivity index (χ0v) is 25.7. The summed E-state index contributed by atoms with van der Waals surface area (Å²) in [7, 11) is -2.35. The fourth-order valence-corrected chi connectivity index (χ4v) is 9.28. The molecule has 41 heavy (non-hydrogen) atoms. The van der Waals surface area contributed by atoms with Crippen molar-refractivity contribution in [2.24, 2.45) is 5.92 Å². The molecule has 1 saturated carbocycles. The first kappa shape index (κ1) is 28.8. The minimum atomic E-state index is -3.97. The van der Waals surface area contributed by atoms with Gasteiger partial charge in [0.15, 0.2) is 5.65 Å². The number of ether oxygens (including phenoxy) is 2. The maximum atomic E-state index is 14.4. The van der Waals surface area contributed by atoms with Crippen LogP contribution in [0.3, 0.4) is 0 Å². The van der Waals surface area contributed by atoms with Gasteiger partial charge in [-0.25, -0.2) is 22.4 Å². The predicted octanol–water partition coefficient (Wildman–Crippen LogP) is 6.06. The summed E-state index contributed by atoms with van der Waals surface area (Å²) in [5.41, 5.74) is 0.858. The first-order valence-electron chi connectivity index (χ1n) is 14.0. The first-order valence-corrected chi connectivity index (χ1v) is 16.7. The molecule has 11 heteroatoms. The van der Waals surface area contributed by atoms with Crippen LogP contribution in [0.15, 0.2) is 66.1 Å².